The van der Waals surface area contributed by atoms with Crippen molar-refractivity contribution in [3.63, 3.8) is 0 Å². The number of amides is 2. The van der Waals surface area contributed by atoms with E-state index in [0.717, 1.165) is 69.4 Å². The predicted octanol–water partition coefficient (Wildman–Crippen LogP) is 1.94. The standard InChI is InChI=1S/C22H29N3O3/c26-13-9-15-7-11-24(12-8-15)20(27)18-14-16-4-3-10-25(16)22(18)17-5-1-2-6-19(17)23-21(22)28/h1-2,5-6,15-16,18,26H,3-4,7-14H2,(H,23,28)/t16-,18-,22+/m1/s1. The zero-order valence-electron chi connectivity index (χ0n) is 16.3. The minimum atomic E-state index is -0.837. The highest BCUT2D eigenvalue weighted by atomic mass is 16.3. The first kappa shape index (κ1) is 18.1. The summed E-state index contributed by atoms with van der Waals surface area (Å²) in [5, 5.41) is 12.3. The van der Waals surface area contributed by atoms with E-state index in [4.69, 9.17) is 0 Å². The summed E-state index contributed by atoms with van der Waals surface area (Å²) in [5.74, 6) is 0.316. The Morgan fingerprint density at radius 3 is 2.75 bits per heavy atom. The number of anilines is 1. The number of hydrogen-bond acceptors (Lipinski definition) is 4. The van der Waals surface area contributed by atoms with Gasteiger partial charge in [-0.05, 0) is 57.1 Å². The van der Waals surface area contributed by atoms with Gasteiger partial charge in [0.25, 0.3) is 0 Å². The van der Waals surface area contributed by atoms with Crippen LogP contribution < -0.4 is 5.32 Å². The van der Waals surface area contributed by atoms with E-state index in [1.165, 1.54) is 0 Å². The Kier molecular flexibility index (Phi) is 4.43. The number of rotatable bonds is 3. The van der Waals surface area contributed by atoms with Crippen molar-refractivity contribution in [3.05, 3.63) is 29.8 Å². The Balaban J connectivity index is 1.48. The van der Waals surface area contributed by atoms with Crippen molar-refractivity contribution >= 4 is 17.5 Å². The maximum absolute atomic E-state index is 13.7. The van der Waals surface area contributed by atoms with Crippen LogP contribution in [-0.4, -0.2) is 59.0 Å². The molecule has 28 heavy (non-hydrogen) atoms. The van der Waals surface area contributed by atoms with Gasteiger partial charge in [-0.1, -0.05) is 18.2 Å². The first-order valence-electron chi connectivity index (χ1n) is 10.7. The highest BCUT2D eigenvalue weighted by molar-refractivity contribution is 6.09. The van der Waals surface area contributed by atoms with Gasteiger partial charge in [0.2, 0.25) is 11.8 Å². The number of benzene rings is 1. The molecule has 0 radical (unpaired) electrons. The fourth-order valence-electron chi connectivity index (χ4n) is 6.21. The summed E-state index contributed by atoms with van der Waals surface area (Å²) in [7, 11) is 0. The fraction of sp³-hybridized carbons (Fsp3) is 0.636. The van der Waals surface area contributed by atoms with E-state index in [1.807, 2.05) is 29.2 Å². The van der Waals surface area contributed by atoms with Crippen molar-refractivity contribution in [3.8, 4) is 0 Å². The van der Waals surface area contributed by atoms with Crippen molar-refractivity contribution < 1.29 is 14.7 Å². The molecule has 0 bridgehead atoms. The molecule has 4 heterocycles. The molecule has 0 saturated carbocycles. The second kappa shape index (κ2) is 6.85. The summed E-state index contributed by atoms with van der Waals surface area (Å²) in [5.41, 5.74) is 1.01. The van der Waals surface area contributed by atoms with Crippen LogP contribution in [-0.2, 0) is 15.1 Å². The lowest BCUT2D eigenvalue weighted by Gasteiger charge is -2.40. The van der Waals surface area contributed by atoms with Crippen molar-refractivity contribution in [1.29, 1.82) is 0 Å². The number of fused-ring (bicyclic) bond motifs is 4. The van der Waals surface area contributed by atoms with Crippen LogP contribution in [0.4, 0.5) is 5.69 Å². The Labute approximate surface area is 165 Å². The van der Waals surface area contributed by atoms with E-state index in [0.29, 0.717) is 12.0 Å². The largest absolute Gasteiger partial charge is 0.396 e. The monoisotopic (exact) mass is 383 g/mol. The van der Waals surface area contributed by atoms with Crippen LogP contribution in [0.3, 0.4) is 0 Å². The van der Waals surface area contributed by atoms with E-state index >= 15 is 0 Å². The summed E-state index contributed by atoms with van der Waals surface area (Å²) < 4.78 is 0. The zero-order chi connectivity index (χ0) is 19.3. The third kappa shape index (κ3) is 2.47. The van der Waals surface area contributed by atoms with Gasteiger partial charge in [0, 0.05) is 37.0 Å². The number of carbonyl (C=O) groups excluding carboxylic acids is 2. The molecule has 1 spiro atoms. The minimum Gasteiger partial charge on any atom is -0.396 e. The lowest BCUT2D eigenvalue weighted by atomic mass is 9.77. The highest BCUT2D eigenvalue weighted by Crippen LogP contribution is 2.55. The first-order chi connectivity index (χ1) is 13.7. The fourth-order valence-corrected chi connectivity index (χ4v) is 6.21. The van der Waals surface area contributed by atoms with Crippen LogP contribution in [0.25, 0.3) is 0 Å². The molecular weight excluding hydrogens is 354 g/mol. The second-order valence-electron chi connectivity index (χ2n) is 8.82. The number of carbonyl (C=O) groups is 2. The van der Waals surface area contributed by atoms with Crippen molar-refractivity contribution in [1.82, 2.24) is 9.80 Å². The van der Waals surface area contributed by atoms with E-state index in [2.05, 4.69) is 10.2 Å². The number of aliphatic hydroxyl groups is 1. The number of likely N-dealkylation sites (tertiary alicyclic amines) is 1. The Bertz CT molecular complexity index is 789. The van der Waals surface area contributed by atoms with Gasteiger partial charge in [-0.2, -0.15) is 0 Å². The lowest BCUT2D eigenvalue weighted by Crippen LogP contribution is -2.55. The smallest absolute Gasteiger partial charge is 0.250 e. The van der Waals surface area contributed by atoms with Crippen LogP contribution in [0.1, 0.15) is 44.1 Å². The molecule has 3 saturated heterocycles. The van der Waals surface area contributed by atoms with Gasteiger partial charge in [-0.3, -0.25) is 14.5 Å². The number of para-hydroxylation sites is 1. The van der Waals surface area contributed by atoms with Gasteiger partial charge >= 0.3 is 0 Å². The second-order valence-corrected chi connectivity index (χ2v) is 8.82. The third-order valence-electron chi connectivity index (χ3n) is 7.54. The van der Waals surface area contributed by atoms with E-state index in [9.17, 15) is 14.7 Å². The summed E-state index contributed by atoms with van der Waals surface area (Å²) in [4.78, 5) is 31.4. The first-order valence-corrected chi connectivity index (χ1v) is 10.7. The van der Waals surface area contributed by atoms with E-state index in [1.54, 1.807) is 0 Å². The number of hydrogen-bond donors (Lipinski definition) is 2. The molecule has 3 fully saturated rings. The lowest BCUT2D eigenvalue weighted by molar-refractivity contribution is -0.145. The van der Waals surface area contributed by atoms with Gasteiger partial charge in [-0.25, -0.2) is 0 Å². The molecule has 6 nitrogen and oxygen atoms in total. The molecular formula is C22H29N3O3. The van der Waals surface area contributed by atoms with Gasteiger partial charge in [0.1, 0.15) is 5.54 Å². The molecule has 5 rings (SSSR count). The highest BCUT2D eigenvalue weighted by Gasteiger charge is 2.65. The van der Waals surface area contributed by atoms with Gasteiger partial charge in [0.15, 0.2) is 0 Å². The molecule has 0 unspecified atom stereocenters. The molecule has 4 aliphatic rings. The summed E-state index contributed by atoms with van der Waals surface area (Å²) in [6.07, 6.45) is 5.65. The van der Waals surface area contributed by atoms with Crippen LogP contribution in [0.15, 0.2) is 24.3 Å². The van der Waals surface area contributed by atoms with Crippen LogP contribution in [0.5, 0.6) is 0 Å². The maximum Gasteiger partial charge on any atom is 0.250 e. The average molecular weight is 383 g/mol. The van der Waals surface area contributed by atoms with E-state index < -0.39 is 5.54 Å². The molecule has 0 aromatic heterocycles. The molecule has 2 N–H and O–H groups in total. The van der Waals surface area contributed by atoms with Gasteiger partial charge < -0.3 is 15.3 Å². The van der Waals surface area contributed by atoms with Crippen molar-refractivity contribution in [2.45, 2.75) is 50.1 Å². The summed E-state index contributed by atoms with van der Waals surface area (Å²) in [6, 6.07) is 8.22. The number of nitrogens with one attached hydrogen (secondary N) is 1. The third-order valence-corrected chi connectivity index (χ3v) is 7.54. The molecule has 1 aromatic carbocycles. The normalized spacial score (nSPS) is 32.6. The van der Waals surface area contributed by atoms with Crippen LogP contribution in [0.2, 0.25) is 0 Å². The van der Waals surface area contributed by atoms with Gasteiger partial charge in [0.05, 0.1) is 5.92 Å². The summed E-state index contributed by atoms with van der Waals surface area (Å²) >= 11 is 0. The Morgan fingerprint density at radius 1 is 1.18 bits per heavy atom. The average Bonchev–Trinajstić information content (AvgIpc) is 3.37. The quantitative estimate of drug-likeness (QED) is 0.837. The SMILES string of the molecule is O=C([C@H]1C[C@H]2CCCN2[C@]12C(=O)Nc1ccccc12)N1CCC(CCO)CC1. The van der Waals surface area contributed by atoms with Crippen molar-refractivity contribution in [2.75, 3.05) is 31.6 Å². The van der Waals surface area contributed by atoms with E-state index in [-0.39, 0.29) is 24.3 Å². The molecule has 0 aliphatic carbocycles. The summed E-state index contributed by atoms with van der Waals surface area (Å²) in [6.45, 7) is 2.58. The number of aliphatic hydroxyl groups excluding tert-OH is 1. The van der Waals surface area contributed by atoms with Crippen LogP contribution in [0, 0.1) is 11.8 Å². The Hall–Kier alpha value is -1.92. The number of piperidine rings is 1. The topological polar surface area (TPSA) is 72.9 Å². The van der Waals surface area contributed by atoms with Crippen LogP contribution >= 0.6 is 0 Å². The van der Waals surface area contributed by atoms with Crippen molar-refractivity contribution in [2.24, 2.45) is 11.8 Å². The van der Waals surface area contributed by atoms with Gasteiger partial charge in [-0.15, -0.1) is 0 Å². The minimum absolute atomic E-state index is 0.0217. The molecule has 1 aromatic rings. The molecule has 4 aliphatic heterocycles. The molecule has 6 heteroatoms. The molecule has 150 valence electrons. The Morgan fingerprint density at radius 2 is 1.96 bits per heavy atom. The number of nitrogens with zero attached hydrogens (tertiary/aromatic N) is 2. The predicted molar refractivity (Wildman–Crippen MR) is 106 cm³/mol. The molecule has 3 atom stereocenters. The zero-order valence-corrected chi connectivity index (χ0v) is 16.3. The molecule has 2 amide bonds. The maximum atomic E-state index is 13.7.